The van der Waals surface area contributed by atoms with Crippen LogP contribution in [-0.2, 0) is 0 Å². The van der Waals surface area contributed by atoms with Gasteiger partial charge in [0.15, 0.2) is 0 Å². The van der Waals surface area contributed by atoms with Gasteiger partial charge in [-0.05, 0) is 46.6 Å². The van der Waals surface area contributed by atoms with Crippen molar-refractivity contribution in [3.63, 3.8) is 0 Å². The van der Waals surface area contributed by atoms with Crippen LogP contribution in [0.15, 0.2) is 41.1 Å². The molecule has 1 atom stereocenters. The molecule has 15 heavy (non-hydrogen) atoms. The van der Waals surface area contributed by atoms with Crippen molar-refractivity contribution in [2.24, 2.45) is 5.73 Å². The SMILES string of the molecule is CC(N)c1ccc(-n2cccn2)c(Br)c1. The summed E-state index contributed by atoms with van der Waals surface area (Å²) >= 11 is 3.52. The maximum atomic E-state index is 5.81. The van der Waals surface area contributed by atoms with Crippen LogP contribution in [0.1, 0.15) is 18.5 Å². The summed E-state index contributed by atoms with van der Waals surface area (Å²) < 4.78 is 2.82. The van der Waals surface area contributed by atoms with Gasteiger partial charge in [-0.2, -0.15) is 5.10 Å². The van der Waals surface area contributed by atoms with Gasteiger partial charge >= 0.3 is 0 Å². The predicted molar refractivity (Wildman–Crippen MR) is 63.9 cm³/mol. The fourth-order valence-electron chi connectivity index (χ4n) is 1.40. The van der Waals surface area contributed by atoms with Crippen molar-refractivity contribution in [1.82, 2.24) is 9.78 Å². The summed E-state index contributed by atoms with van der Waals surface area (Å²) in [6, 6.07) is 8.00. The summed E-state index contributed by atoms with van der Waals surface area (Å²) in [6.45, 7) is 1.97. The van der Waals surface area contributed by atoms with Crippen LogP contribution in [0.4, 0.5) is 0 Å². The Morgan fingerprint density at radius 1 is 1.47 bits per heavy atom. The average Bonchev–Trinajstić information content (AvgIpc) is 2.70. The standard InChI is InChI=1S/C11H12BrN3/c1-8(13)9-3-4-11(10(12)7-9)15-6-2-5-14-15/h2-8H,13H2,1H3. The summed E-state index contributed by atoms with van der Waals surface area (Å²) in [5, 5.41) is 4.18. The van der Waals surface area contributed by atoms with E-state index in [9.17, 15) is 0 Å². The van der Waals surface area contributed by atoms with E-state index in [4.69, 9.17) is 5.73 Å². The second-order valence-corrected chi connectivity index (χ2v) is 4.30. The van der Waals surface area contributed by atoms with Gasteiger partial charge in [-0.3, -0.25) is 0 Å². The minimum atomic E-state index is 0.0490. The largest absolute Gasteiger partial charge is 0.324 e. The highest BCUT2D eigenvalue weighted by atomic mass is 79.9. The van der Waals surface area contributed by atoms with Crippen molar-refractivity contribution >= 4 is 15.9 Å². The van der Waals surface area contributed by atoms with Crippen LogP contribution < -0.4 is 5.73 Å². The van der Waals surface area contributed by atoms with Crippen LogP contribution in [-0.4, -0.2) is 9.78 Å². The summed E-state index contributed by atoms with van der Waals surface area (Å²) in [7, 11) is 0. The zero-order valence-corrected chi connectivity index (χ0v) is 9.98. The number of aromatic nitrogens is 2. The van der Waals surface area contributed by atoms with E-state index in [2.05, 4.69) is 21.0 Å². The molecule has 1 aromatic heterocycles. The Morgan fingerprint density at radius 3 is 2.80 bits per heavy atom. The molecule has 1 heterocycles. The number of halogens is 1. The van der Waals surface area contributed by atoms with E-state index in [0.717, 1.165) is 15.7 Å². The average molecular weight is 266 g/mol. The summed E-state index contributed by atoms with van der Waals surface area (Å²) in [5.74, 6) is 0. The molecule has 0 saturated heterocycles. The van der Waals surface area contributed by atoms with E-state index in [0.29, 0.717) is 0 Å². The van der Waals surface area contributed by atoms with E-state index in [-0.39, 0.29) is 6.04 Å². The zero-order chi connectivity index (χ0) is 10.8. The van der Waals surface area contributed by atoms with E-state index >= 15 is 0 Å². The van der Waals surface area contributed by atoms with Crippen LogP contribution >= 0.6 is 15.9 Å². The van der Waals surface area contributed by atoms with Crippen LogP contribution in [0.3, 0.4) is 0 Å². The van der Waals surface area contributed by atoms with Crippen LogP contribution in [0, 0.1) is 0 Å². The van der Waals surface area contributed by atoms with Crippen molar-refractivity contribution in [2.75, 3.05) is 0 Å². The summed E-state index contributed by atoms with van der Waals surface area (Å²) in [5.41, 5.74) is 7.94. The third-order valence-corrected chi connectivity index (χ3v) is 2.88. The van der Waals surface area contributed by atoms with Gasteiger partial charge in [0.25, 0.3) is 0 Å². The lowest BCUT2D eigenvalue weighted by Crippen LogP contribution is -2.05. The van der Waals surface area contributed by atoms with E-state index < -0.39 is 0 Å². The van der Waals surface area contributed by atoms with Crippen LogP contribution in [0.25, 0.3) is 5.69 Å². The maximum Gasteiger partial charge on any atom is 0.0787 e. The topological polar surface area (TPSA) is 43.8 Å². The molecule has 1 aromatic carbocycles. The number of hydrogen-bond donors (Lipinski definition) is 1. The van der Waals surface area contributed by atoms with Gasteiger partial charge in [0.1, 0.15) is 0 Å². The van der Waals surface area contributed by atoms with Crippen LogP contribution in [0.2, 0.25) is 0 Å². The molecule has 0 bridgehead atoms. The van der Waals surface area contributed by atoms with E-state index in [1.165, 1.54) is 0 Å². The molecule has 2 rings (SSSR count). The van der Waals surface area contributed by atoms with Gasteiger partial charge < -0.3 is 5.73 Å². The van der Waals surface area contributed by atoms with Gasteiger partial charge in [-0.1, -0.05) is 6.07 Å². The van der Waals surface area contributed by atoms with Crippen molar-refractivity contribution < 1.29 is 0 Å². The van der Waals surface area contributed by atoms with Crippen molar-refractivity contribution in [3.05, 3.63) is 46.7 Å². The van der Waals surface area contributed by atoms with Gasteiger partial charge in [0, 0.05) is 22.9 Å². The summed E-state index contributed by atoms with van der Waals surface area (Å²) in [4.78, 5) is 0. The molecule has 0 aliphatic rings. The number of hydrogen-bond acceptors (Lipinski definition) is 2. The molecule has 0 saturated carbocycles. The highest BCUT2D eigenvalue weighted by Gasteiger charge is 2.05. The fourth-order valence-corrected chi connectivity index (χ4v) is 1.98. The molecule has 0 aliphatic heterocycles. The molecule has 1 unspecified atom stereocenters. The molecule has 3 nitrogen and oxygen atoms in total. The number of rotatable bonds is 2. The molecule has 2 N–H and O–H groups in total. The molecular weight excluding hydrogens is 254 g/mol. The van der Waals surface area contributed by atoms with Gasteiger partial charge in [-0.25, -0.2) is 4.68 Å². The highest BCUT2D eigenvalue weighted by molar-refractivity contribution is 9.10. The Labute approximate surface area is 97.0 Å². The third-order valence-electron chi connectivity index (χ3n) is 2.25. The molecular formula is C11H12BrN3. The molecule has 2 aromatic rings. The quantitative estimate of drug-likeness (QED) is 0.908. The number of nitrogens with zero attached hydrogens (tertiary/aromatic N) is 2. The van der Waals surface area contributed by atoms with E-state index in [1.54, 1.807) is 6.20 Å². The first-order chi connectivity index (χ1) is 7.18. The molecule has 0 aliphatic carbocycles. The second kappa shape index (κ2) is 4.16. The predicted octanol–water partition coefficient (Wildman–Crippen LogP) is 2.65. The molecule has 4 heteroatoms. The lowest BCUT2D eigenvalue weighted by molar-refractivity contribution is 0.812. The number of nitrogens with two attached hydrogens (primary N) is 1. The fraction of sp³-hybridized carbons (Fsp3) is 0.182. The lowest BCUT2D eigenvalue weighted by Gasteiger charge is -2.09. The summed E-state index contributed by atoms with van der Waals surface area (Å²) in [6.07, 6.45) is 3.66. The third kappa shape index (κ3) is 2.11. The Hall–Kier alpha value is -1.13. The molecule has 0 fully saturated rings. The van der Waals surface area contributed by atoms with Crippen molar-refractivity contribution in [3.8, 4) is 5.69 Å². The van der Waals surface area contributed by atoms with Gasteiger partial charge in [0.2, 0.25) is 0 Å². The Bertz CT molecular complexity index is 449. The monoisotopic (exact) mass is 265 g/mol. The van der Waals surface area contributed by atoms with Gasteiger partial charge in [0.05, 0.1) is 5.69 Å². The van der Waals surface area contributed by atoms with Crippen molar-refractivity contribution in [2.45, 2.75) is 13.0 Å². The van der Waals surface area contributed by atoms with E-state index in [1.807, 2.05) is 42.1 Å². The molecule has 0 amide bonds. The molecule has 78 valence electrons. The first kappa shape index (κ1) is 10.4. The van der Waals surface area contributed by atoms with Crippen LogP contribution in [0.5, 0.6) is 0 Å². The lowest BCUT2D eigenvalue weighted by atomic mass is 10.1. The highest BCUT2D eigenvalue weighted by Crippen LogP contribution is 2.23. The minimum Gasteiger partial charge on any atom is -0.324 e. The minimum absolute atomic E-state index is 0.0490. The Balaban J connectivity index is 2.44. The Morgan fingerprint density at radius 2 is 2.27 bits per heavy atom. The first-order valence-corrected chi connectivity index (χ1v) is 5.53. The maximum absolute atomic E-state index is 5.81. The Kier molecular flexibility index (Phi) is 2.88. The first-order valence-electron chi connectivity index (χ1n) is 4.73. The van der Waals surface area contributed by atoms with Gasteiger partial charge in [-0.15, -0.1) is 0 Å². The van der Waals surface area contributed by atoms with Crippen molar-refractivity contribution in [1.29, 1.82) is 0 Å². The molecule has 0 radical (unpaired) electrons. The normalized spacial score (nSPS) is 12.7. The molecule has 0 spiro atoms. The zero-order valence-electron chi connectivity index (χ0n) is 8.39. The second-order valence-electron chi connectivity index (χ2n) is 3.45. The smallest absolute Gasteiger partial charge is 0.0787 e. The number of benzene rings is 1.